The van der Waals surface area contributed by atoms with Gasteiger partial charge in [0.15, 0.2) is 0 Å². The van der Waals surface area contributed by atoms with Gasteiger partial charge in [0.05, 0.1) is 0 Å². The van der Waals surface area contributed by atoms with E-state index in [0.29, 0.717) is 6.04 Å². The smallest absolute Gasteiger partial charge is 0.129 e. The van der Waals surface area contributed by atoms with E-state index in [4.69, 9.17) is 5.73 Å². The van der Waals surface area contributed by atoms with Gasteiger partial charge < -0.3 is 10.6 Å². The van der Waals surface area contributed by atoms with Crippen LogP contribution in [-0.4, -0.2) is 17.6 Å². The van der Waals surface area contributed by atoms with E-state index in [1.54, 1.807) is 0 Å². The van der Waals surface area contributed by atoms with E-state index in [0.717, 1.165) is 23.8 Å². The third-order valence-electron chi connectivity index (χ3n) is 3.37. The first-order valence-electron chi connectivity index (χ1n) is 6.06. The highest BCUT2D eigenvalue weighted by atomic mass is 15.2. The molecule has 1 saturated heterocycles. The van der Waals surface area contributed by atoms with Gasteiger partial charge in [0.2, 0.25) is 0 Å². The summed E-state index contributed by atoms with van der Waals surface area (Å²) in [6.07, 6.45) is 3.12. The minimum atomic E-state index is 0.0806. The molecule has 2 rings (SSSR count). The van der Waals surface area contributed by atoms with E-state index in [-0.39, 0.29) is 6.04 Å². The largest absolute Gasteiger partial charge is 0.354 e. The molecule has 0 radical (unpaired) electrons. The van der Waals surface area contributed by atoms with Crippen LogP contribution in [0.5, 0.6) is 0 Å². The summed E-state index contributed by atoms with van der Waals surface area (Å²) in [5.41, 5.74) is 7.06. The zero-order valence-corrected chi connectivity index (χ0v) is 10.4. The Morgan fingerprint density at radius 2 is 2.25 bits per heavy atom. The molecule has 16 heavy (non-hydrogen) atoms. The number of pyridine rings is 1. The zero-order chi connectivity index (χ0) is 11.7. The number of rotatable bonds is 2. The summed E-state index contributed by atoms with van der Waals surface area (Å²) >= 11 is 0. The van der Waals surface area contributed by atoms with Gasteiger partial charge >= 0.3 is 0 Å². The Kier molecular flexibility index (Phi) is 3.15. The van der Waals surface area contributed by atoms with Crippen LogP contribution in [0.2, 0.25) is 0 Å². The van der Waals surface area contributed by atoms with Crippen molar-refractivity contribution < 1.29 is 0 Å². The Hall–Kier alpha value is -1.09. The molecule has 88 valence electrons. The van der Waals surface area contributed by atoms with Crippen LogP contribution in [0.1, 0.15) is 38.8 Å². The Balaban J connectivity index is 2.23. The summed E-state index contributed by atoms with van der Waals surface area (Å²) in [5.74, 6) is 1.84. The fraction of sp³-hybridized carbons (Fsp3) is 0.615. The number of anilines is 1. The van der Waals surface area contributed by atoms with Crippen molar-refractivity contribution in [2.24, 2.45) is 11.7 Å². The average molecular weight is 219 g/mol. The second-order valence-corrected chi connectivity index (χ2v) is 5.08. The van der Waals surface area contributed by atoms with Gasteiger partial charge in [-0.3, -0.25) is 0 Å². The van der Waals surface area contributed by atoms with E-state index in [9.17, 15) is 0 Å². The molecular weight excluding hydrogens is 198 g/mol. The summed E-state index contributed by atoms with van der Waals surface area (Å²) < 4.78 is 0. The SMILES string of the molecule is CC1CC(C)N(c2cc([C@@H](C)N)ccn2)C1. The first-order chi connectivity index (χ1) is 7.58. The Bertz CT molecular complexity index is 362. The highest BCUT2D eigenvalue weighted by Gasteiger charge is 2.27. The molecule has 3 nitrogen and oxygen atoms in total. The number of aromatic nitrogens is 1. The molecule has 3 atom stereocenters. The first-order valence-corrected chi connectivity index (χ1v) is 6.06. The standard InChI is InChI=1S/C13H21N3/c1-9-6-10(2)16(8-9)13-7-12(11(3)14)4-5-15-13/h4-5,7,9-11H,6,8,14H2,1-3H3/t9?,10?,11-/m1/s1. The summed E-state index contributed by atoms with van der Waals surface area (Å²) in [4.78, 5) is 6.84. The molecule has 2 unspecified atom stereocenters. The minimum absolute atomic E-state index is 0.0806. The molecule has 1 aliphatic heterocycles. The third kappa shape index (κ3) is 2.19. The van der Waals surface area contributed by atoms with Crippen LogP contribution in [0.25, 0.3) is 0 Å². The molecular formula is C13H21N3. The van der Waals surface area contributed by atoms with E-state index in [2.05, 4.69) is 29.8 Å². The second kappa shape index (κ2) is 4.42. The maximum Gasteiger partial charge on any atom is 0.129 e. The molecule has 1 aliphatic rings. The van der Waals surface area contributed by atoms with E-state index in [1.807, 2.05) is 19.2 Å². The molecule has 1 aromatic rings. The lowest BCUT2D eigenvalue weighted by Gasteiger charge is -2.23. The van der Waals surface area contributed by atoms with Gasteiger partial charge in [-0.05, 0) is 43.9 Å². The van der Waals surface area contributed by atoms with E-state index in [1.165, 1.54) is 6.42 Å². The van der Waals surface area contributed by atoms with Gasteiger partial charge in [0, 0.05) is 24.8 Å². The topological polar surface area (TPSA) is 42.1 Å². The molecule has 2 N–H and O–H groups in total. The van der Waals surface area contributed by atoms with Crippen LogP contribution in [0.15, 0.2) is 18.3 Å². The molecule has 1 fully saturated rings. The predicted octanol–water partition coefficient (Wildman–Crippen LogP) is 2.34. The lowest BCUT2D eigenvalue weighted by atomic mass is 10.1. The lowest BCUT2D eigenvalue weighted by Crippen LogP contribution is -2.27. The Labute approximate surface area is 97.7 Å². The first kappa shape index (κ1) is 11.4. The molecule has 0 aliphatic carbocycles. The van der Waals surface area contributed by atoms with Crippen LogP contribution in [0.4, 0.5) is 5.82 Å². The summed E-state index contributed by atoms with van der Waals surface area (Å²) in [6.45, 7) is 7.68. The van der Waals surface area contributed by atoms with Crippen molar-refractivity contribution >= 4 is 5.82 Å². The van der Waals surface area contributed by atoms with Gasteiger partial charge in [-0.15, -0.1) is 0 Å². The van der Waals surface area contributed by atoms with Crippen molar-refractivity contribution in [3.05, 3.63) is 23.9 Å². The van der Waals surface area contributed by atoms with Crippen molar-refractivity contribution in [3.8, 4) is 0 Å². The fourth-order valence-electron chi connectivity index (χ4n) is 2.49. The van der Waals surface area contributed by atoms with Crippen LogP contribution >= 0.6 is 0 Å². The van der Waals surface area contributed by atoms with Crippen molar-refractivity contribution in [1.82, 2.24) is 4.98 Å². The van der Waals surface area contributed by atoms with Crippen molar-refractivity contribution in [2.45, 2.75) is 39.3 Å². The minimum Gasteiger partial charge on any atom is -0.354 e. The molecule has 0 bridgehead atoms. The molecule has 0 spiro atoms. The van der Waals surface area contributed by atoms with Crippen molar-refractivity contribution in [1.29, 1.82) is 0 Å². The second-order valence-electron chi connectivity index (χ2n) is 5.08. The van der Waals surface area contributed by atoms with E-state index < -0.39 is 0 Å². The summed E-state index contributed by atoms with van der Waals surface area (Å²) in [5, 5.41) is 0. The van der Waals surface area contributed by atoms with Gasteiger partial charge in [0.25, 0.3) is 0 Å². The lowest BCUT2D eigenvalue weighted by molar-refractivity contribution is 0.625. The normalized spacial score (nSPS) is 27.1. The van der Waals surface area contributed by atoms with Crippen LogP contribution < -0.4 is 10.6 Å². The quantitative estimate of drug-likeness (QED) is 0.830. The van der Waals surface area contributed by atoms with Crippen LogP contribution in [-0.2, 0) is 0 Å². The third-order valence-corrected chi connectivity index (χ3v) is 3.37. The summed E-state index contributed by atoms with van der Waals surface area (Å²) in [6, 6.07) is 4.79. The summed E-state index contributed by atoms with van der Waals surface area (Å²) in [7, 11) is 0. The molecule has 3 heteroatoms. The molecule has 1 aromatic heterocycles. The van der Waals surface area contributed by atoms with Gasteiger partial charge in [-0.2, -0.15) is 0 Å². The Morgan fingerprint density at radius 1 is 1.50 bits per heavy atom. The van der Waals surface area contributed by atoms with Crippen LogP contribution in [0, 0.1) is 5.92 Å². The number of nitrogens with two attached hydrogens (primary N) is 1. The number of hydrogen-bond donors (Lipinski definition) is 1. The van der Waals surface area contributed by atoms with Crippen molar-refractivity contribution in [2.75, 3.05) is 11.4 Å². The highest BCUT2D eigenvalue weighted by molar-refractivity contribution is 5.44. The van der Waals surface area contributed by atoms with Crippen molar-refractivity contribution in [3.63, 3.8) is 0 Å². The monoisotopic (exact) mass is 219 g/mol. The molecule has 0 aromatic carbocycles. The van der Waals surface area contributed by atoms with Gasteiger partial charge in [0.1, 0.15) is 5.82 Å². The highest BCUT2D eigenvalue weighted by Crippen LogP contribution is 2.28. The van der Waals surface area contributed by atoms with Gasteiger partial charge in [-0.1, -0.05) is 6.92 Å². The predicted molar refractivity (Wildman–Crippen MR) is 67.4 cm³/mol. The Morgan fingerprint density at radius 3 is 2.81 bits per heavy atom. The van der Waals surface area contributed by atoms with Gasteiger partial charge in [-0.25, -0.2) is 4.98 Å². The molecule has 2 heterocycles. The number of hydrogen-bond acceptors (Lipinski definition) is 3. The average Bonchev–Trinajstić information content (AvgIpc) is 2.58. The zero-order valence-electron chi connectivity index (χ0n) is 10.4. The molecule has 0 saturated carbocycles. The maximum atomic E-state index is 5.90. The molecule has 0 amide bonds. The fourth-order valence-corrected chi connectivity index (χ4v) is 2.49. The van der Waals surface area contributed by atoms with Crippen LogP contribution in [0.3, 0.4) is 0 Å². The van der Waals surface area contributed by atoms with E-state index >= 15 is 0 Å². The number of nitrogens with zero attached hydrogens (tertiary/aromatic N) is 2. The maximum absolute atomic E-state index is 5.90.